The van der Waals surface area contributed by atoms with E-state index in [0.717, 1.165) is 42.4 Å². The molecule has 6 heteroatoms. The quantitative estimate of drug-likeness (QED) is 0.660. The van der Waals surface area contributed by atoms with Gasteiger partial charge in [-0.15, -0.1) is 23.7 Å². The van der Waals surface area contributed by atoms with Crippen LogP contribution >= 0.6 is 23.7 Å². The van der Waals surface area contributed by atoms with Crippen molar-refractivity contribution in [2.24, 2.45) is 5.73 Å². The Kier molecular flexibility index (Phi) is 7.46. The molecule has 128 valence electrons. The van der Waals surface area contributed by atoms with Crippen LogP contribution in [0.3, 0.4) is 0 Å². The van der Waals surface area contributed by atoms with Gasteiger partial charge < -0.3 is 10.3 Å². The van der Waals surface area contributed by atoms with E-state index in [0.29, 0.717) is 6.54 Å². The lowest BCUT2D eigenvalue weighted by Gasteiger charge is -2.20. The minimum absolute atomic E-state index is 0. The summed E-state index contributed by atoms with van der Waals surface area (Å²) in [5, 5.41) is 6.24. The molecule has 4 nitrogen and oxygen atoms in total. The number of aromatic nitrogens is 1. The Bertz CT molecular complexity index is 700. The van der Waals surface area contributed by atoms with E-state index in [2.05, 4.69) is 34.3 Å². The fraction of sp³-hybridized carbons (Fsp3) is 0.278. The van der Waals surface area contributed by atoms with Gasteiger partial charge in [0.2, 0.25) is 0 Å². The van der Waals surface area contributed by atoms with E-state index in [1.165, 1.54) is 5.56 Å². The summed E-state index contributed by atoms with van der Waals surface area (Å²) < 4.78 is 5.45. The van der Waals surface area contributed by atoms with Crippen LogP contribution in [-0.4, -0.2) is 29.7 Å². The van der Waals surface area contributed by atoms with Gasteiger partial charge in [0.25, 0.3) is 0 Å². The number of nitrogens with two attached hydrogens (primary N) is 1. The SMILES string of the molecule is Cl.NCCN(CCc1ccccc1)Cc1cc(-c2cccs2)on1. The van der Waals surface area contributed by atoms with Crippen molar-refractivity contribution in [2.75, 3.05) is 19.6 Å². The van der Waals surface area contributed by atoms with Crippen LogP contribution in [0, 0.1) is 0 Å². The Labute approximate surface area is 152 Å². The van der Waals surface area contributed by atoms with Crippen LogP contribution in [0.2, 0.25) is 0 Å². The van der Waals surface area contributed by atoms with Crippen LogP contribution < -0.4 is 5.73 Å². The van der Waals surface area contributed by atoms with Crippen molar-refractivity contribution in [1.82, 2.24) is 10.1 Å². The first-order valence-electron chi connectivity index (χ1n) is 7.81. The van der Waals surface area contributed by atoms with Crippen LogP contribution in [0.25, 0.3) is 10.6 Å². The van der Waals surface area contributed by atoms with Crippen molar-refractivity contribution in [1.29, 1.82) is 0 Å². The first-order chi connectivity index (χ1) is 11.3. The fourth-order valence-electron chi connectivity index (χ4n) is 2.53. The molecule has 1 aromatic carbocycles. The van der Waals surface area contributed by atoms with Gasteiger partial charge in [-0.25, -0.2) is 0 Å². The molecule has 0 amide bonds. The molecule has 0 spiro atoms. The Balaban J connectivity index is 0.00000208. The first-order valence-corrected chi connectivity index (χ1v) is 8.69. The summed E-state index contributed by atoms with van der Waals surface area (Å²) in [7, 11) is 0. The van der Waals surface area contributed by atoms with Crippen molar-refractivity contribution >= 4 is 23.7 Å². The summed E-state index contributed by atoms with van der Waals surface area (Å²) in [4.78, 5) is 3.43. The maximum Gasteiger partial charge on any atom is 0.177 e. The predicted molar refractivity (Wildman–Crippen MR) is 102 cm³/mol. The minimum atomic E-state index is 0. The lowest BCUT2D eigenvalue weighted by Crippen LogP contribution is -2.31. The number of thiophene rings is 1. The Morgan fingerprint density at radius 3 is 2.62 bits per heavy atom. The van der Waals surface area contributed by atoms with Gasteiger partial charge in [0.15, 0.2) is 5.76 Å². The van der Waals surface area contributed by atoms with Gasteiger partial charge in [0, 0.05) is 32.2 Å². The molecule has 3 rings (SSSR count). The molecule has 0 unspecified atom stereocenters. The van der Waals surface area contributed by atoms with Gasteiger partial charge in [0.1, 0.15) is 0 Å². The van der Waals surface area contributed by atoms with Crippen molar-refractivity contribution in [3.05, 3.63) is 65.2 Å². The van der Waals surface area contributed by atoms with Crippen LogP contribution in [0.4, 0.5) is 0 Å². The first kappa shape index (κ1) is 18.7. The van der Waals surface area contributed by atoms with Gasteiger partial charge in [-0.05, 0) is 23.4 Å². The number of halogens is 1. The number of nitrogens with zero attached hydrogens (tertiary/aromatic N) is 2. The van der Waals surface area contributed by atoms with Crippen molar-refractivity contribution in [2.45, 2.75) is 13.0 Å². The van der Waals surface area contributed by atoms with Crippen molar-refractivity contribution < 1.29 is 4.52 Å². The van der Waals surface area contributed by atoms with E-state index >= 15 is 0 Å². The van der Waals surface area contributed by atoms with E-state index in [9.17, 15) is 0 Å². The largest absolute Gasteiger partial charge is 0.355 e. The molecule has 3 aromatic rings. The Morgan fingerprint density at radius 1 is 1.08 bits per heavy atom. The van der Waals surface area contributed by atoms with Gasteiger partial charge in [0.05, 0.1) is 10.6 Å². The number of hydrogen-bond acceptors (Lipinski definition) is 5. The maximum absolute atomic E-state index is 5.75. The second-order valence-corrected chi connectivity index (χ2v) is 6.41. The normalized spacial score (nSPS) is 10.8. The molecule has 24 heavy (non-hydrogen) atoms. The molecule has 0 saturated heterocycles. The zero-order chi connectivity index (χ0) is 15.9. The summed E-state index contributed by atoms with van der Waals surface area (Å²) in [6.45, 7) is 3.22. The standard InChI is InChI=1S/C18H21N3OS.ClH/c19-9-11-21(10-8-15-5-2-1-3-6-15)14-16-13-17(22-20-16)18-7-4-12-23-18;/h1-7,12-13H,8-11,14,19H2;1H. The van der Waals surface area contributed by atoms with E-state index in [1.54, 1.807) is 11.3 Å². The zero-order valence-corrected chi connectivity index (χ0v) is 15.1. The molecule has 0 aliphatic heterocycles. The molecular weight excluding hydrogens is 342 g/mol. The molecule has 2 aromatic heterocycles. The van der Waals surface area contributed by atoms with E-state index in [4.69, 9.17) is 10.3 Å². The van der Waals surface area contributed by atoms with E-state index < -0.39 is 0 Å². The molecule has 2 heterocycles. The highest BCUT2D eigenvalue weighted by atomic mass is 35.5. The van der Waals surface area contributed by atoms with E-state index in [-0.39, 0.29) is 12.4 Å². The van der Waals surface area contributed by atoms with Gasteiger partial charge in [-0.2, -0.15) is 0 Å². The molecule has 0 radical (unpaired) electrons. The summed E-state index contributed by atoms with van der Waals surface area (Å²) >= 11 is 1.66. The topological polar surface area (TPSA) is 55.3 Å². The van der Waals surface area contributed by atoms with Crippen LogP contribution in [0.15, 0.2) is 58.4 Å². The average Bonchev–Trinajstić information content (AvgIpc) is 3.25. The molecule has 0 atom stereocenters. The Morgan fingerprint density at radius 2 is 1.92 bits per heavy atom. The summed E-state index contributed by atoms with van der Waals surface area (Å²) in [6, 6.07) is 16.6. The maximum atomic E-state index is 5.75. The molecule has 2 N–H and O–H groups in total. The summed E-state index contributed by atoms with van der Waals surface area (Å²) in [5.41, 5.74) is 8.05. The monoisotopic (exact) mass is 363 g/mol. The lowest BCUT2D eigenvalue weighted by atomic mass is 10.1. The van der Waals surface area contributed by atoms with Gasteiger partial charge in [-0.3, -0.25) is 4.90 Å². The van der Waals surface area contributed by atoms with Crippen molar-refractivity contribution in [3.63, 3.8) is 0 Å². The molecular formula is C18H22ClN3OS. The van der Waals surface area contributed by atoms with Gasteiger partial charge >= 0.3 is 0 Å². The minimum Gasteiger partial charge on any atom is -0.355 e. The highest BCUT2D eigenvalue weighted by molar-refractivity contribution is 7.13. The molecule has 0 saturated carbocycles. The third-order valence-electron chi connectivity index (χ3n) is 3.71. The molecule has 0 bridgehead atoms. The number of hydrogen-bond donors (Lipinski definition) is 1. The summed E-state index contributed by atoms with van der Waals surface area (Å²) in [5.74, 6) is 0.839. The number of rotatable bonds is 8. The smallest absolute Gasteiger partial charge is 0.177 e. The average molecular weight is 364 g/mol. The molecule has 0 fully saturated rings. The fourth-order valence-corrected chi connectivity index (χ4v) is 3.21. The lowest BCUT2D eigenvalue weighted by molar-refractivity contribution is 0.267. The third-order valence-corrected chi connectivity index (χ3v) is 4.60. The second-order valence-electron chi connectivity index (χ2n) is 5.46. The molecule has 0 aliphatic carbocycles. The van der Waals surface area contributed by atoms with Crippen LogP contribution in [-0.2, 0) is 13.0 Å². The summed E-state index contributed by atoms with van der Waals surface area (Å²) in [6.07, 6.45) is 1.01. The Hall–Kier alpha value is -1.66. The van der Waals surface area contributed by atoms with Crippen LogP contribution in [0.5, 0.6) is 0 Å². The zero-order valence-electron chi connectivity index (χ0n) is 13.4. The molecule has 0 aliphatic rings. The predicted octanol–water partition coefficient (Wildman–Crippen LogP) is 3.83. The highest BCUT2D eigenvalue weighted by Crippen LogP contribution is 2.25. The second kappa shape index (κ2) is 9.59. The van der Waals surface area contributed by atoms with Crippen LogP contribution in [0.1, 0.15) is 11.3 Å². The third kappa shape index (κ3) is 5.18. The number of benzene rings is 1. The highest BCUT2D eigenvalue weighted by Gasteiger charge is 2.11. The van der Waals surface area contributed by atoms with Gasteiger partial charge in [-0.1, -0.05) is 41.6 Å². The van der Waals surface area contributed by atoms with E-state index in [1.807, 2.05) is 29.6 Å². The van der Waals surface area contributed by atoms with Crippen molar-refractivity contribution in [3.8, 4) is 10.6 Å².